The molecule has 0 bridgehead atoms. The molecule has 0 spiro atoms. The molecule has 1 unspecified atom stereocenters. The molecule has 30 heavy (non-hydrogen) atoms. The van der Waals surface area contributed by atoms with Crippen LogP contribution in [0.4, 0.5) is 0 Å². The Balaban J connectivity index is 1.42. The number of likely N-dealkylation sites (tertiary alicyclic amines) is 1. The van der Waals surface area contributed by atoms with Crippen molar-refractivity contribution < 1.29 is 14.4 Å². The Morgan fingerprint density at radius 3 is 2.67 bits per heavy atom. The first-order chi connectivity index (χ1) is 14.4. The van der Waals surface area contributed by atoms with Crippen molar-refractivity contribution in [2.45, 2.75) is 57.6 Å². The number of ether oxygens (including phenoxy) is 1. The minimum atomic E-state index is -0.361. The van der Waals surface area contributed by atoms with Crippen molar-refractivity contribution in [1.29, 1.82) is 0 Å². The lowest BCUT2D eigenvalue weighted by Crippen LogP contribution is -2.45. The van der Waals surface area contributed by atoms with Crippen molar-refractivity contribution in [2.24, 2.45) is 5.16 Å². The number of oxime groups is 1. The number of carbonyl (C=O) groups is 1. The Bertz CT molecular complexity index is 939. The molecule has 7 heteroatoms. The number of hydrogen-bond acceptors (Lipinski definition) is 7. The van der Waals surface area contributed by atoms with Gasteiger partial charge >= 0.3 is 5.97 Å². The van der Waals surface area contributed by atoms with Crippen LogP contribution in [0.15, 0.2) is 34.8 Å². The maximum Gasteiger partial charge on any atom is 0.338 e. The monoisotopic (exact) mass is 427 g/mol. The molecule has 1 fully saturated rings. The fourth-order valence-corrected chi connectivity index (χ4v) is 5.17. The van der Waals surface area contributed by atoms with Gasteiger partial charge in [0.1, 0.15) is 5.71 Å². The van der Waals surface area contributed by atoms with Crippen LogP contribution >= 0.6 is 11.3 Å². The lowest BCUT2D eigenvalue weighted by Gasteiger charge is -2.40. The van der Waals surface area contributed by atoms with Crippen molar-refractivity contribution in [3.63, 3.8) is 0 Å². The van der Waals surface area contributed by atoms with E-state index in [9.17, 15) is 4.79 Å². The first-order valence-corrected chi connectivity index (χ1v) is 11.4. The number of nitrogens with zero attached hydrogens (tertiary/aromatic N) is 3. The van der Waals surface area contributed by atoms with Crippen LogP contribution in [0.5, 0.6) is 0 Å². The molecule has 6 nitrogen and oxygen atoms in total. The van der Waals surface area contributed by atoms with Gasteiger partial charge in [0.15, 0.2) is 6.10 Å². The second-order valence-electron chi connectivity index (χ2n) is 8.92. The topological polar surface area (TPSA) is 64.0 Å². The van der Waals surface area contributed by atoms with E-state index in [-0.39, 0.29) is 17.6 Å². The number of esters is 1. The molecule has 0 radical (unpaired) electrons. The van der Waals surface area contributed by atoms with Crippen molar-refractivity contribution in [1.82, 2.24) is 9.88 Å². The Kier molecular flexibility index (Phi) is 5.93. The minimum absolute atomic E-state index is 0.227. The molecule has 2 aliphatic rings. The predicted molar refractivity (Wildman–Crippen MR) is 118 cm³/mol. The highest BCUT2D eigenvalue weighted by atomic mass is 32.1. The zero-order chi connectivity index (χ0) is 21.3. The van der Waals surface area contributed by atoms with Crippen LogP contribution < -0.4 is 0 Å². The maximum absolute atomic E-state index is 12.1. The molecule has 0 amide bonds. The second kappa shape index (κ2) is 8.47. The van der Waals surface area contributed by atoms with Crippen LogP contribution in [0.25, 0.3) is 0 Å². The number of rotatable bonds is 4. The van der Waals surface area contributed by atoms with Gasteiger partial charge in [-0.25, -0.2) is 9.78 Å². The van der Waals surface area contributed by atoms with Gasteiger partial charge in [0.2, 0.25) is 0 Å². The minimum Gasteiger partial charge on any atom is -0.465 e. The van der Waals surface area contributed by atoms with E-state index in [1.54, 1.807) is 17.4 Å². The molecule has 3 heterocycles. The molecule has 2 aliphatic heterocycles. The first-order valence-electron chi connectivity index (χ1n) is 10.5. The van der Waals surface area contributed by atoms with E-state index in [0.717, 1.165) is 42.9 Å². The SMILES string of the molecule is COC(=O)c1ccccc1C1CC(c2csc(C3CCN(C(C)(C)C)CC3)n2)=NO1. The van der Waals surface area contributed by atoms with E-state index in [2.05, 4.69) is 36.2 Å². The number of hydrogen-bond donors (Lipinski definition) is 0. The Labute approximate surface area is 181 Å². The Morgan fingerprint density at radius 2 is 1.97 bits per heavy atom. The fraction of sp³-hybridized carbons (Fsp3) is 0.522. The summed E-state index contributed by atoms with van der Waals surface area (Å²) < 4.78 is 4.90. The summed E-state index contributed by atoms with van der Waals surface area (Å²) in [6, 6.07) is 7.37. The lowest BCUT2D eigenvalue weighted by atomic mass is 9.93. The molecule has 1 atom stereocenters. The molecule has 160 valence electrons. The lowest BCUT2D eigenvalue weighted by molar-refractivity contribution is 0.0577. The zero-order valence-corrected chi connectivity index (χ0v) is 18.9. The molecular formula is C23H29N3O3S. The third-order valence-corrected chi connectivity index (χ3v) is 7.00. The molecule has 0 N–H and O–H groups in total. The predicted octanol–water partition coefficient (Wildman–Crippen LogP) is 4.77. The number of methoxy groups -OCH3 is 1. The van der Waals surface area contributed by atoms with E-state index in [0.29, 0.717) is 17.9 Å². The fourth-order valence-electron chi connectivity index (χ4n) is 4.17. The van der Waals surface area contributed by atoms with E-state index in [4.69, 9.17) is 14.6 Å². The maximum atomic E-state index is 12.1. The van der Waals surface area contributed by atoms with Gasteiger partial charge in [0.05, 0.1) is 23.4 Å². The van der Waals surface area contributed by atoms with E-state index >= 15 is 0 Å². The van der Waals surface area contributed by atoms with E-state index in [1.165, 1.54) is 12.1 Å². The quantitative estimate of drug-likeness (QED) is 0.658. The third-order valence-electron chi connectivity index (χ3n) is 5.99. The zero-order valence-electron chi connectivity index (χ0n) is 18.1. The summed E-state index contributed by atoms with van der Waals surface area (Å²) in [4.78, 5) is 25.2. The molecule has 1 aromatic carbocycles. The molecule has 4 rings (SSSR count). The molecule has 1 aromatic heterocycles. The molecule has 2 aromatic rings. The number of aromatic nitrogens is 1. The average molecular weight is 428 g/mol. The summed E-state index contributed by atoms with van der Waals surface area (Å²) in [5, 5.41) is 7.57. The third kappa shape index (κ3) is 4.27. The number of carbonyl (C=O) groups excluding carboxylic acids is 1. The molecule has 0 saturated carbocycles. The van der Waals surface area contributed by atoms with Crippen LogP contribution in [-0.2, 0) is 9.57 Å². The number of piperidine rings is 1. The molecule has 1 saturated heterocycles. The Morgan fingerprint density at radius 1 is 1.23 bits per heavy atom. The highest BCUT2D eigenvalue weighted by molar-refractivity contribution is 7.10. The van der Waals surface area contributed by atoms with Gasteiger partial charge < -0.3 is 9.57 Å². The number of benzene rings is 1. The van der Waals surface area contributed by atoms with Gasteiger partial charge in [0.25, 0.3) is 0 Å². The van der Waals surface area contributed by atoms with Crippen LogP contribution in [0.3, 0.4) is 0 Å². The van der Waals surface area contributed by atoms with Crippen LogP contribution in [0, 0.1) is 0 Å². The normalized spacial score (nSPS) is 20.7. The number of thiazole rings is 1. The standard InChI is InChI=1S/C23H29N3O3S/c1-23(2,3)26-11-9-15(10-12-26)21-24-19(14-30-21)18-13-20(29-25-18)16-7-5-6-8-17(16)22(27)28-4/h5-8,14-15,20H,9-13H2,1-4H3. The van der Waals surface area contributed by atoms with Gasteiger partial charge in [-0.3, -0.25) is 4.90 Å². The summed E-state index contributed by atoms with van der Waals surface area (Å²) in [6.45, 7) is 9.06. The molecular weight excluding hydrogens is 398 g/mol. The van der Waals surface area contributed by atoms with Crippen molar-refractivity contribution in [3.05, 3.63) is 51.5 Å². The van der Waals surface area contributed by atoms with Crippen molar-refractivity contribution in [2.75, 3.05) is 20.2 Å². The van der Waals surface area contributed by atoms with Crippen LogP contribution in [0.1, 0.15) is 78.7 Å². The van der Waals surface area contributed by atoms with Gasteiger partial charge in [0, 0.05) is 28.8 Å². The highest BCUT2D eigenvalue weighted by Crippen LogP contribution is 2.35. The summed E-state index contributed by atoms with van der Waals surface area (Å²) >= 11 is 1.72. The van der Waals surface area contributed by atoms with Crippen LogP contribution in [0.2, 0.25) is 0 Å². The summed E-state index contributed by atoms with van der Waals surface area (Å²) in [5.74, 6) is 0.154. The first kappa shape index (κ1) is 21.0. The van der Waals surface area contributed by atoms with Crippen LogP contribution in [-0.4, -0.2) is 47.3 Å². The largest absolute Gasteiger partial charge is 0.465 e. The van der Waals surface area contributed by atoms with Gasteiger partial charge in [-0.05, 0) is 52.8 Å². The second-order valence-corrected chi connectivity index (χ2v) is 9.81. The van der Waals surface area contributed by atoms with E-state index in [1.807, 2.05) is 18.2 Å². The smallest absolute Gasteiger partial charge is 0.338 e. The van der Waals surface area contributed by atoms with Gasteiger partial charge in [-0.1, -0.05) is 23.4 Å². The summed E-state index contributed by atoms with van der Waals surface area (Å²) in [7, 11) is 1.39. The summed E-state index contributed by atoms with van der Waals surface area (Å²) in [6.07, 6.45) is 2.58. The summed E-state index contributed by atoms with van der Waals surface area (Å²) in [5.41, 5.74) is 3.28. The Hall–Kier alpha value is -2.25. The van der Waals surface area contributed by atoms with Gasteiger partial charge in [-0.15, -0.1) is 11.3 Å². The van der Waals surface area contributed by atoms with Crippen molar-refractivity contribution in [3.8, 4) is 0 Å². The highest BCUT2D eigenvalue weighted by Gasteiger charge is 2.31. The van der Waals surface area contributed by atoms with E-state index < -0.39 is 0 Å². The van der Waals surface area contributed by atoms with Gasteiger partial charge in [-0.2, -0.15) is 0 Å². The van der Waals surface area contributed by atoms with Crippen molar-refractivity contribution >= 4 is 23.0 Å². The molecule has 0 aliphatic carbocycles. The average Bonchev–Trinajstić information content (AvgIpc) is 3.42.